The van der Waals surface area contributed by atoms with Crippen LogP contribution in [0.4, 0.5) is 36.7 Å². The molecule has 1 fully saturated rings. The zero-order valence-corrected chi connectivity index (χ0v) is 15.8. The van der Waals surface area contributed by atoms with Crippen molar-refractivity contribution >= 4 is 29.2 Å². The van der Waals surface area contributed by atoms with E-state index in [-0.39, 0.29) is 23.7 Å². The molecule has 0 atom stereocenters. The summed E-state index contributed by atoms with van der Waals surface area (Å²) in [6, 6.07) is 3.32. The third kappa shape index (κ3) is 3.10. The molecule has 2 amide bonds. The summed E-state index contributed by atoms with van der Waals surface area (Å²) in [6.45, 7) is 2.44. The number of carbonyl (C=O) groups is 1. The lowest BCUT2D eigenvalue weighted by atomic mass is 10.2. The van der Waals surface area contributed by atoms with Crippen LogP contribution in [-0.2, 0) is 0 Å². The molecule has 1 aromatic carbocycles. The number of urea groups is 1. The minimum atomic E-state index is -0.726. The Morgan fingerprint density at radius 2 is 2.00 bits per heavy atom. The summed E-state index contributed by atoms with van der Waals surface area (Å²) in [7, 11) is 1.69. The average molecular weight is 388 g/mol. The maximum absolute atomic E-state index is 14.0. The Kier molecular flexibility index (Phi) is 4.74. The molecule has 1 aliphatic heterocycles. The molecule has 1 aliphatic carbocycles. The molecule has 2 heterocycles. The van der Waals surface area contributed by atoms with Crippen molar-refractivity contribution in [2.75, 3.05) is 28.8 Å². The second-order valence-electron chi connectivity index (χ2n) is 6.99. The molecule has 0 bridgehead atoms. The zero-order valence-electron chi connectivity index (χ0n) is 15.8. The van der Waals surface area contributed by atoms with Gasteiger partial charge in [-0.2, -0.15) is 4.98 Å². The van der Waals surface area contributed by atoms with E-state index in [0.29, 0.717) is 18.1 Å². The number of aromatic nitrogens is 2. The number of anilines is 4. The minimum absolute atomic E-state index is 0.0846. The molecule has 7 nitrogen and oxygen atoms in total. The van der Waals surface area contributed by atoms with Crippen LogP contribution in [0.15, 0.2) is 24.4 Å². The third-order valence-electron chi connectivity index (χ3n) is 5.24. The summed E-state index contributed by atoms with van der Waals surface area (Å²) < 4.78 is 27.1. The highest BCUT2D eigenvalue weighted by molar-refractivity contribution is 5.98. The first-order valence-corrected chi connectivity index (χ1v) is 9.43. The number of carbonyl (C=O) groups excluding carboxylic acids is 1. The second kappa shape index (κ2) is 7.21. The molecular formula is C19H22F2N6O. The normalized spacial score (nSPS) is 17.3. The van der Waals surface area contributed by atoms with E-state index in [1.54, 1.807) is 18.3 Å². The van der Waals surface area contributed by atoms with Gasteiger partial charge in [0.05, 0.1) is 17.9 Å². The van der Waals surface area contributed by atoms with Crippen molar-refractivity contribution in [1.29, 1.82) is 0 Å². The first-order chi connectivity index (χ1) is 13.5. The zero-order chi connectivity index (χ0) is 19.8. The summed E-state index contributed by atoms with van der Waals surface area (Å²) in [5.74, 6) is -0.584. The van der Waals surface area contributed by atoms with E-state index < -0.39 is 11.6 Å². The number of halogens is 2. The maximum atomic E-state index is 14.0. The highest BCUT2D eigenvalue weighted by atomic mass is 19.1. The SMILES string of the molecule is CCN1C(=O)N(C)c2cnc(Nc3ccc(F)cc3F)nc2N1C1CCCC1. The van der Waals surface area contributed by atoms with Crippen LogP contribution in [0.25, 0.3) is 0 Å². The van der Waals surface area contributed by atoms with Gasteiger partial charge in [-0.1, -0.05) is 12.8 Å². The number of hydrogen-bond donors (Lipinski definition) is 1. The van der Waals surface area contributed by atoms with Gasteiger partial charge in [0.15, 0.2) is 5.82 Å². The number of nitrogens with one attached hydrogen (secondary N) is 1. The fraction of sp³-hybridized carbons (Fsp3) is 0.421. The van der Waals surface area contributed by atoms with Gasteiger partial charge in [-0.05, 0) is 31.9 Å². The van der Waals surface area contributed by atoms with E-state index in [9.17, 15) is 13.6 Å². The van der Waals surface area contributed by atoms with Crippen LogP contribution in [0, 0.1) is 11.6 Å². The van der Waals surface area contributed by atoms with Gasteiger partial charge in [-0.25, -0.2) is 23.6 Å². The molecule has 1 saturated carbocycles. The fourth-order valence-corrected chi connectivity index (χ4v) is 3.83. The standard InChI is InChI=1S/C19H22F2N6O/c1-3-26-19(28)25(2)16-11-22-18(23-15-9-8-12(20)10-14(15)21)24-17(16)27(26)13-6-4-5-7-13/h8-11,13H,3-7H2,1-2H3,(H,22,23,24). The van der Waals surface area contributed by atoms with Gasteiger partial charge in [0, 0.05) is 19.7 Å². The number of nitrogens with zero attached hydrogens (tertiary/aromatic N) is 5. The number of rotatable bonds is 4. The van der Waals surface area contributed by atoms with Crippen LogP contribution in [0.1, 0.15) is 32.6 Å². The number of fused-ring (bicyclic) bond motifs is 1. The van der Waals surface area contributed by atoms with Crippen molar-refractivity contribution in [3.8, 4) is 0 Å². The minimum Gasteiger partial charge on any atom is -0.322 e. The van der Waals surface area contributed by atoms with Crippen LogP contribution in [0.5, 0.6) is 0 Å². The molecule has 2 aliphatic rings. The van der Waals surface area contributed by atoms with E-state index >= 15 is 0 Å². The number of benzene rings is 1. The summed E-state index contributed by atoms with van der Waals surface area (Å²) in [6.07, 6.45) is 5.72. The quantitative estimate of drug-likeness (QED) is 0.856. The molecule has 9 heteroatoms. The van der Waals surface area contributed by atoms with Gasteiger partial charge in [-0.15, -0.1) is 0 Å². The number of amides is 2. The van der Waals surface area contributed by atoms with E-state index in [4.69, 9.17) is 0 Å². The van der Waals surface area contributed by atoms with Gasteiger partial charge in [-0.3, -0.25) is 9.91 Å². The van der Waals surface area contributed by atoms with Gasteiger partial charge < -0.3 is 5.32 Å². The van der Waals surface area contributed by atoms with Gasteiger partial charge in [0.25, 0.3) is 0 Å². The van der Waals surface area contributed by atoms with Crippen LogP contribution < -0.4 is 15.2 Å². The van der Waals surface area contributed by atoms with Crippen LogP contribution in [0.2, 0.25) is 0 Å². The molecule has 28 heavy (non-hydrogen) atoms. The lowest BCUT2D eigenvalue weighted by molar-refractivity contribution is 0.191. The smallest absolute Gasteiger partial charge is 0.322 e. The Bertz CT molecular complexity index is 902. The number of hydrogen-bond acceptors (Lipinski definition) is 5. The van der Waals surface area contributed by atoms with Gasteiger partial charge in [0.2, 0.25) is 5.95 Å². The molecule has 0 radical (unpaired) electrons. The topological polar surface area (TPSA) is 64.6 Å². The van der Waals surface area contributed by atoms with E-state index in [1.807, 2.05) is 11.9 Å². The molecule has 0 unspecified atom stereocenters. The Morgan fingerprint density at radius 3 is 2.68 bits per heavy atom. The van der Waals surface area contributed by atoms with Crippen LogP contribution in [-0.4, -0.2) is 40.6 Å². The Balaban J connectivity index is 1.74. The summed E-state index contributed by atoms with van der Waals surface area (Å²) in [5, 5.41) is 6.45. The van der Waals surface area contributed by atoms with Crippen molar-refractivity contribution in [2.45, 2.75) is 38.6 Å². The average Bonchev–Trinajstić information content (AvgIpc) is 3.21. The maximum Gasteiger partial charge on any atom is 0.343 e. The molecule has 1 aromatic heterocycles. The number of hydrazine groups is 1. The molecule has 148 valence electrons. The molecular weight excluding hydrogens is 366 g/mol. The highest BCUT2D eigenvalue weighted by Crippen LogP contribution is 2.38. The van der Waals surface area contributed by atoms with Crippen molar-refractivity contribution in [3.63, 3.8) is 0 Å². The van der Waals surface area contributed by atoms with Crippen molar-refractivity contribution < 1.29 is 13.6 Å². The van der Waals surface area contributed by atoms with E-state index in [1.165, 1.54) is 17.0 Å². The summed E-state index contributed by atoms with van der Waals surface area (Å²) in [5.41, 5.74) is 0.688. The predicted octanol–water partition coefficient (Wildman–Crippen LogP) is 4.05. The van der Waals surface area contributed by atoms with Crippen molar-refractivity contribution in [3.05, 3.63) is 36.0 Å². The first-order valence-electron chi connectivity index (χ1n) is 9.43. The van der Waals surface area contributed by atoms with Crippen LogP contribution in [0.3, 0.4) is 0 Å². The fourth-order valence-electron chi connectivity index (χ4n) is 3.83. The summed E-state index contributed by atoms with van der Waals surface area (Å²) >= 11 is 0. The van der Waals surface area contributed by atoms with E-state index in [2.05, 4.69) is 15.3 Å². The molecule has 1 N–H and O–H groups in total. The lowest BCUT2D eigenvalue weighted by Gasteiger charge is -2.45. The first kappa shape index (κ1) is 18.4. The van der Waals surface area contributed by atoms with Crippen molar-refractivity contribution in [2.24, 2.45) is 0 Å². The largest absolute Gasteiger partial charge is 0.343 e. The monoisotopic (exact) mass is 388 g/mol. The van der Waals surface area contributed by atoms with E-state index in [0.717, 1.165) is 31.7 Å². The summed E-state index contributed by atoms with van der Waals surface area (Å²) in [4.78, 5) is 23.1. The van der Waals surface area contributed by atoms with Crippen LogP contribution >= 0.6 is 0 Å². The molecule has 0 spiro atoms. The highest BCUT2D eigenvalue weighted by Gasteiger charge is 2.39. The Morgan fingerprint density at radius 1 is 1.25 bits per heavy atom. The van der Waals surface area contributed by atoms with Crippen molar-refractivity contribution in [1.82, 2.24) is 15.0 Å². The third-order valence-corrected chi connectivity index (χ3v) is 5.24. The van der Waals surface area contributed by atoms with Gasteiger partial charge in [0.1, 0.15) is 17.3 Å². The predicted molar refractivity (Wildman–Crippen MR) is 103 cm³/mol. The Labute approximate surface area is 161 Å². The Hall–Kier alpha value is -2.97. The molecule has 4 rings (SSSR count). The molecule has 2 aromatic rings. The lowest BCUT2D eigenvalue weighted by Crippen LogP contribution is -2.59. The second-order valence-corrected chi connectivity index (χ2v) is 6.99. The molecule has 0 saturated heterocycles. The van der Waals surface area contributed by atoms with Gasteiger partial charge >= 0.3 is 6.03 Å².